The third kappa shape index (κ3) is 6.19. The Labute approximate surface area is 203 Å². The van der Waals surface area contributed by atoms with Gasteiger partial charge in [-0.05, 0) is 55.9 Å². The molecule has 4 rings (SSSR count). The van der Waals surface area contributed by atoms with Gasteiger partial charge in [0.25, 0.3) is 0 Å². The van der Waals surface area contributed by atoms with Crippen LogP contribution < -0.4 is 9.47 Å². The summed E-state index contributed by atoms with van der Waals surface area (Å²) in [5, 5.41) is 15.6. The van der Waals surface area contributed by atoms with Crippen molar-refractivity contribution in [3.05, 3.63) is 65.9 Å². The molecule has 1 saturated carbocycles. The van der Waals surface area contributed by atoms with Gasteiger partial charge < -0.3 is 14.6 Å². The second-order valence-corrected chi connectivity index (χ2v) is 9.19. The number of para-hydroxylation sites is 1. The van der Waals surface area contributed by atoms with Crippen LogP contribution in [0.2, 0.25) is 0 Å². The smallest absolute Gasteiger partial charge is 0.227 e. The summed E-state index contributed by atoms with van der Waals surface area (Å²) >= 11 is 0. The van der Waals surface area contributed by atoms with Crippen molar-refractivity contribution in [2.45, 2.75) is 58.6 Å². The molecule has 0 bridgehead atoms. The third-order valence-corrected chi connectivity index (χ3v) is 6.30. The van der Waals surface area contributed by atoms with Crippen LogP contribution in [-0.2, 0) is 13.0 Å². The molecule has 6 heteroatoms. The van der Waals surface area contributed by atoms with Gasteiger partial charge in [0.2, 0.25) is 5.88 Å². The molecule has 0 radical (unpaired) electrons. The number of hydrogen-bond donors (Lipinski definition) is 1. The fourth-order valence-corrected chi connectivity index (χ4v) is 4.36. The van der Waals surface area contributed by atoms with Crippen molar-refractivity contribution in [1.29, 1.82) is 0 Å². The van der Waals surface area contributed by atoms with Crippen molar-refractivity contribution < 1.29 is 14.6 Å². The van der Waals surface area contributed by atoms with Crippen LogP contribution in [0.3, 0.4) is 0 Å². The number of aromatic nitrogens is 2. The Morgan fingerprint density at radius 2 is 1.85 bits per heavy atom. The van der Waals surface area contributed by atoms with Gasteiger partial charge in [-0.1, -0.05) is 44.5 Å². The highest BCUT2D eigenvalue weighted by atomic mass is 16.5. The van der Waals surface area contributed by atoms with Crippen LogP contribution in [-0.4, -0.2) is 46.1 Å². The lowest BCUT2D eigenvalue weighted by molar-refractivity contribution is 0.0977. The van der Waals surface area contributed by atoms with Gasteiger partial charge in [0.05, 0.1) is 30.2 Å². The Morgan fingerprint density at radius 3 is 2.53 bits per heavy atom. The van der Waals surface area contributed by atoms with E-state index in [9.17, 15) is 5.11 Å². The SMILES string of the molecule is CCC[C@@H](O)CN(Cc1c(CC)nn(-c2ccccc2)c1Oc1cccc(OC)c1)CC1CC1. The Kier molecular flexibility index (Phi) is 8.25. The Morgan fingerprint density at radius 1 is 1.09 bits per heavy atom. The Bertz CT molecular complexity index is 1050. The number of aliphatic hydroxyl groups excluding tert-OH is 1. The molecule has 1 aromatic heterocycles. The highest BCUT2D eigenvalue weighted by Crippen LogP contribution is 2.35. The average molecular weight is 464 g/mol. The predicted octanol–water partition coefficient (Wildman–Crippen LogP) is 5.61. The maximum Gasteiger partial charge on any atom is 0.227 e. The number of rotatable bonds is 13. The maximum absolute atomic E-state index is 10.6. The molecule has 0 aliphatic heterocycles. The molecule has 1 aliphatic rings. The third-order valence-electron chi connectivity index (χ3n) is 6.30. The van der Waals surface area contributed by atoms with Gasteiger partial charge >= 0.3 is 0 Å². The van der Waals surface area contributed by atoms with Crippen molar-refractivity contribution in [2.24, 2.45) is 5.92 Å². The van der Waals surface area contributed by atoms with E-state index in [1.807, 2.05) is 59.3 Å². The number of ether oxygens (including phenoxy) is 2. The Balaban J connectivity index is 1.72. The summed E-state index contributed by atoms with van der Waals surface area (Å²) in [6.07, 6.45) is 4.83. The minimum absolute atomic E-state index is 0.319. The van der Waals surface area contributed by atoms with Crippen LogP contribution in [0, 0.1) is 5.92 Å². The molecule has 2 aromatic carbocycles. The zero-order chi connectivity index (χ0) is 23.9. The number of aliphatic hydroxyl groups is 1. The average Bonchev–Trinajstić information content (AvgIpc) is 3.61. The molecule has 1 aliphatic carbocycles. The Hall–Kier alpha value is -2.83. The minimum atomic E-state index is -0.319. The van der Waals surface area contributed by atoms with Crippen molar-refractivity contribution >= 4 is 0 Å². The monoisotopic (exact) mass is 463 g/mol. The van der Waals surface area contributed by atoms with Gasteiger partial charge in [0, 0.05) is 25.7 Å². The summed E-state index contributed by atoms with van der Waals surface area (Å²) in [6, 6.07) is 17.8. The first-order chi connectivity index (χ1) is 16.6. The second-order valence-electron chi connectivity index (χ2n) is 9.19. The molecule has 0 saturated heterocycles. The first-order valence-electron chi connectivity index (χ1n) is 12.5. The number of benzene rings is 2. The lowest BCUT2D eigenvalue weighted by Gasteiger charge is -2.25. The number of hydrogen-bond acceptors (Lipinski definition) is 5. The summed E-state index contributed by atoms with van der Waals surface area (Å²) in [6.45, 7) is 6.62. The van der Waals surface area contributed by atoms with Gasteiger partial charge in [-0.2, -0.15) is 5.10 Å². The first kappa shape index (κ1) is 24.3. The van der Waals surface area contributed by atoms with Crippen LogP contribution in [0.4, 0.5) is 0 Å². The predicted molar refractivity (Wildman–Crippen MR) is 135 cm³/mol. The number of methoxy groups -OCH3 is 1. The summed E-state index contributed by atoms with van der Waals surface area (Å²) in [5.41, 5.74) is 3.06. The quantitative estimate of drug-likeness (QED) is 0.357. The van der Waals surface area contributed by atoms with Gasteiger partial charge in [-0.25, -0.2) is 4.68 Å². The summed E-state index contributed by atoms with van der Waals surface area (Å²) in [4.78, 5) is 2.39. The van der Waals surface area contributed by atoms with E-state index < -0.39 is 0 Å². The zero-order valence-electron chi connectivity index (χ0n) is 20.6. The van der Waals surface area contributed by atoms with Gasteiger partial charge in [0.1, 0.15) is 11.5 Å². The molecule has 182 valence electrons. The lowest BCUT2D eigenvalue weighted by Crippen LogP contribution is -2.34. The molecule has 1 heterocycles. The summed E-state index contributed by atoms with van der Waals surface area (Å²) < 4.78 is 13.8. The van der Waals surface area contributed by atoms with E-state index in [4.69, 9.17) is 14.6 Å². The van der Waals surface area contributed by atoms with Crippen molar-refractivity contribution in [3.8, 4) is 23.1 Å². The normalized spacial score (nSPS) is 14.4. The van der Waals surface area contributed by atoms with E-state index in [1.165, 1.54) is 12.8 Å². The molecular formula is C28H37N3O3. The van der Waals surface area contributed by atoms with E-state index in [0.29, 0.717) is 18.8 Å². The van der Waals surface area contributed by atoms with Crippen molar-refractivity contribution in [1.82, 2.24) is 14.7 Å². The molecule has 34 heavy (non-hydrogen) atoms. The van der Waals surface area contributed by atoms with E-state index in [-0.39, 0.29) is 6.10 Å². The van der Waals surface area contributed by atoms with Gasteiger partial charge in [0.15, 0.2) is 0 Å². The van der Waals surface area contributed by atoms with Crippen LogP contribution in [0.5, 0.6) is 17.4 Å². The highest BCUT2D eigenvalue weighted by molar-refractivity contribution is 5.44. The largest absolute Gasteiger partial charge is 0.497 e. The fraction of sp³-hybridized carbons (Fsp3) is 0.464. The van der Waals surface area contributed by atoms with Crippen LogP contribution in [0.1, 0.15) is 50.8 Å². The molecule has 3 aromatic rings. The first-order valence-corrected chi connectivity index (χ1v) is 12.5. The topological polar surface area (TPSA) is 59.8 Å². The van der Waals surface area contributed by atoms with Crippen molar-refractivity contribution in [2.75, 3.05) is 20.2 Å². The molecule has 0 spiro atoms. The highest BCUT2D eigenvalue weighted by Gasteiger charge is 2.28. The summed E-state index contributed by atoms with van der Waals surface area (Å²) in [5.74, 6) is 2.91. The molecular weight excluding hydrogens is 426 g/mol. The summed E-state index contributed by atoms with van der Waals surface area (Å²) in [7, 11) is 1.66. The molecule has 6 nitrogen and oxygen atoms in total. The van der Waals surface area contributed by atoms with Gasteiger partial charge in [-0.3, -0.25) is 4.90 Å². The van der Waals surface area contributed by atoms with Gasteiger partial charge in [-0.15, -0.1) is 0 Å². The van der Waals surface area contributed by atoms with E-state index in [2.05, 4.69) is 18.7 Å². The fourth-order valence-electron chi connectivity index (χ4n) is 4.36. The minimum Gasteiger partial charge on any atom is -0.497 e. The number of nitrogens with zero attached hydrogens (tertiary/aromatic N) is 3. The second kappa shape index (κ2) is 11.5. The van der Waals surface area contributed by atoms with Crippen LogP contribution in [0.25, 0.3) is 5.69 Å². The molecule has 1 atom stereocenters. The molecule has 0 unspecified atom stereocenters. The van der Waals surface area contributed by atoms with E-state index in [1.54, 1.807) is 7.11 Å². The maximum atomic E-state index is 10.6. The zero-order valence-corrected chi connectivity index (χ0v) is 20.6. The molecule has 0 amide bonds. The van der Waals surface area contributed by atoms with E-state index in [0.717, 1.165) is 60.3 Å². The lowest BCUT2D eigenvalue weighted by atomic mass is 10.1. The van der Waals surface area contributed by atoms with Crippen molar-refractivity contribution in [3.63, 3.8) is 0 Å². The number of aryl methyl sites for hydroxylation is 1. The standard InChI is InChI=1S/C28H37N3O3/c1-4-10-23(32)19-30(18-21-15-16-21)20-26-27(5-2)29-31(22-11-7-6-8-12-22)28(26)34-25-14-9-13-24(17-25)33-3/h6-9,11-14,17,21,23,32H,4-5,10,15-16,18-20H2,1-3H3/t23-/m1/s1. The van der Waals surface area contributed by atoms with Crippen LogP contribution in [0.15, 0.2) is 54.6 Å². The van der Waals surface area contributed by atoms with Crippen LogP contribution >= 0.6 is 0 Å². The molecule has 1 N–H and O–H groups in total. The van der Waals surface area contributed by atoms with E-state index >= 15 is 0 Å². The molecule has 1 fully saturated rings.